The summed E-state index contributed by atoms with van der Waals surface area (Å²) in [5.41, 5.74) is 5.67. The molecule has 4 N–H and O–H groups in total. The van der Waals surface area contributed by atoms with Crippen molar-refractivity contribution in [2.24, 2.45) is 0 Å². The first-order valence-corrected chi connectivity index (χ1v) is 5.62. The van der Waals surface area contributed by atoms with Crippen LogP contribution in [0.2, 0.25) is 0 Å². The molecule has 0 aliphatic carbocycles. The average Bonchev–Trinajstić information content (AvgIpc) is 2.84. The number of hydrogen-bond donors (Lipinski definition) is 3. The van der Waals surface area contributed by atoms with E-state index in [2.05, 4.69) is 10.1 Å². The SMILES string of the molecule is C[C@@]1(O)[C@H](O)CO[C@H]1c1ccc2c(N)ncnn12. The van der Waals surface area contributed by atoms with E-state index in [1.54, 1.807) is 23.6 Å². The van der Waals surface area contributed by atoms with Crippen LogP contribution in [-0.2, 0) is 4.74 Å². The molecule has 0 radical (unpaired) electrons. The fourth-order valence-electron chi connectivity index (χ4n) is 2.26. The molecule has 96 valence electrons. The highest BCUT2D eigenvalue weighted by atomic mass is 16.5. The van der Waals surface area contributed by atoms with Crippen molar-refractivity contribution in [3.8, 4) is 0 Å². The number of hydrogen-bond acceptors (Lipinski definition) is 6. The van der Waals surface area contributed by atoms with Crippen molar-refractivity contribution in [2.45, 2.75) is 24.7 Å². The van der Waals surface area contributed by atoms with Gasteiger partial charge in [-0.2, -0.15) is 5.10 Å². The van der Waals surface area contributed by atoms with Crippen LogP contribution in [0, 0.1) is 0 Å². The Morgan fingerprint density at radius 1 is 1.56 bits per heavy atom. The Morgan fingerprint density at radius 2 is 2.33 bits per heavy atom. The maximum atomic E-state index is 10.3. The Balaban J connectivity index is 2.13. The van der Waals surface area contributed by atoms with Crippen LogP contribution in [0.5, 0.6) is 0 Å². The van der Waals surface area contributed by atoms with E-state index < -0.39 is 17.8 Å². The number of aromatic nitrogens is 3. The van der Waals surface area contributed by atoms with E-state index in [-0.39, 0.29) is 6.61 Å². The van der Waals surface area contributed by atoms with E-state index >= 15 is 0 Å². The minimum atomic E-state index is -1.35. The third kappa shape index (κ3) is 1.41. The molecule has 1 saturated heterocycles. The Hall–Kier alpha value is -1.70. The van der Waals surface area contributed by atoms with Gasteiger partial charge in [-0.1, -0.05) is 0 Å². The Kier molecular flexibility index (Phi) is 2.31. The molecule has 0 aromatic carbocycles. The number of aliphatic hydroxyl groups excluding tert-OH is 1. The molecule has 2 aromatic heterocycles. The van der Waals surface area contributed by atoms with E-state index in [1.165, 1.54) is 6.33 Å². The van der Waals surface area contributed by atoms with Gasteiger partial charge in [-0.25, -0.2) is 9.50 Å². The zero-order chi connectivity index (χ0) is 12.9. The van der Waals surface area contributed by atoms with Gasteiger partial charge in [-0.3, -0.25) is 0 Å². The lowest BCUT2D eigenvalue weighted by molar-refractivity contribution is -0.0664. The summed E-state index contributed by atoms with van der Waals surface area (Å²) >= 11 is 0. The molecule has 3 atom stereocenters. The summed E-state index contributed by atoms with van der Waals surface area (Å²) < 4.78 is 7.02. The van der Waals surface area contributed by atoms with Crippen LogP contribution in [0.15, 0.2) is 18.5 Å². The standard InChI is InChI=1S/C11H14N4O3/c1-11(17)8(16)4-18-9(11)6-2-3-7-10(12)13-5-14-15(6)7/h2-3,5,8-9,16-17H,4H2,1H3,(H2,12,13,14)/t8-,9+,11-/m1/s1. The van der Waals surface area contributed by atoms with Crippen LogP contribution in [0.4, 0.5) is 5.82 Å². The highest BCUT2D eigenvalue weighted by Gasteiger charge is 2.48. The molecule has 3 rings (SSSR count). The molecule has 0 saturated carbocycles. The normalized spacial score (nSPS) is 32.2. The van der Waals surface area contributed by atoms with Crippen molar-refractivity contribution in [3.05, 3.63) is 24.2 Å². The Morgan fingerprint density at radius 3 is 3.00 bits per heavy atom. The fraction of sp³-hybridized carbons (Fsp3) is 0.455. The molecule has 7 heteroatoms. The van der Waals surface area contributed by atoms with Gasteiger partial charge in [0.05, 0.1) is 12.3 Å². The van der Waals surface area contributed by atoms with E-state index in [9.17, 15) is 10.2 Å². The van der Waals surface area contributed by atoms with Gasteiger partial charge in [0.2, 0.25) is 0 Å². The number of rotatable bonds is 1. The topological polar surface area (TPSA) is 106 Å². The average molecular weight is 250 g/mol. The number of nitrogen functional groups attached to an aromatic ring is 1. The monoisotopic (exact) mass is 250 g/mol. The Bertz CT molecular complexity index is 595. The van der Waals surface area contributed by atoms with Crippen molar-refractivity contribution in [3.63, 3.8) is 0 Å². The number of fused-ring (bicyclic) bond motifs is 1. The van der Waals surface area contributed by atoms with E-state index in [0.717, 1.165) is 0 Å². The smallest absolute Gasteiger partial charge is 0.151 e. The first-order valence-electron chi connectivity index (χ1n) is 5.62. The van der Waals surface area contributed by atoms with Crippen molar-refractivity contribution in [2.75, 3.05) is 12.3 Å². The van der Waals surface area contributed by atoms with Gasteiger partial charge in [-0.15, -0.1) is 0 Å². The molecule has 7 nitrogen and oxygen atoms in total. The number of nitrogens with two attached hydrogens (primary N) is 1. The molecule has 3 heterocycles. The lowest BCUT2D eigenvalue weighted by Gasteiger charge is -2.26. The largest absolute Gasteiger partial charge is 0.388 e. The van der Waals surface area contributed by atoms with Crippen molar-refractivity contribution < 1.29 is 14.9 Å². The minimum absolute atomic E-state index is 0.0888. The Labute approximate surface area is 103 Å². The number of nitrogens with zero attached hydrogens (tertiary/aromatic N) is 3. The second-order valence-corrected chi connectivity index (χ2v) is 4.66. The van der Waals surface area contributed by atoms with Crippen molar-refractivity contribution >= 4 is 11.3 Å². The summed E-state index contributed by atoms with van der Waals surface area (Å²) in [6, 6.07) is 3.52. The maximum absolute atomic E-state index is 10.3. The number of anilines is 1. The second-order valence-electron chi connectivity index (χ2n) is 4.66. The van der Waals surface area contributed by atoms with Crippen LogP contribution in [0.25, 0.3) is 5.52 Å². The zero-order valence-corrected chi connectivity index (χ0v) is 9.82. The van der Waals surface area contributed by atoms with Gasteiger partial charge in [0.25, 0.3) is 0 Å². The van der Waals surface area contributed by atoms with Gasteiger partial charge in [0.1, 0.15) is 29.7 Å². The van der Waals surface area contributed by atoms with Crippen LogP contribution in [0.3, 0.4) is 0 Å². The van der Waals surface area contributed by atoms with Crippen molar-refractivity contribution in [1.82, 2.24) is 14.6 Å². The predicted molar refractivity (Wildman–Crippen MR) is 62.7 cm³/mol. The molecule has 1 fully saturated rings. The molecule has 0 amide bonds. The third-order valence-electron chi connectivity index (χ3n) is 3.41. The lowest BCUT2D eigenvalue weighted by atomic mass is 9.94. The molecule has 0 bridgehead atoms. The van der Waals surface area contributed by atoms with Gasteiger partial charge in [0, 0.05) is 0 Å². The molecule has 2 aromatic rings. The second kappa shape index (κ2) is 3.64. The highest BCUT2D eigenvalue weighted by Crippen LogP contribution is 2.38. The molecule has 0 unspecified atom stereocenters. The van der Waals surface area contributed by atoms with Gasteiger partial charge in [-0.05, 0) is 19.1 Å². The third-order valence-corrected chi connectivity index (χ3v) is 3.41. The molecule has 0 spiro atoms. The van der Waals surface area contributed by atoms with Crippen LogP contribution in [0.1, 0.15) is 18.7 Å². The summed E-state index contributed by atoms with van der Waals surface area (Å²) in [5.74, 6) is 0.356. The summed E-state index contributed by atoms with van der Waals surface area (Å²) in [7, 11) is 0. The number of aliphatic hydroxyl groups is 2. The van der Waals surface area contributed by atoms with Gasteiger partial charge >= 0.3 is 0 Å². The van der Waals surface area contributed by atoms with Gasteiger partial charge in [0.15, 0.2) is 5.82 Å². The first kappa shape index (κ1) is 11.4. The highest BCUT2D eigenvalue weighted by molar-refractivity contribution is 5.65. The summed E-state index contributed by atoms with van der Waals surface area (Å²) in [6.45, 7) is 1.63. The van der Waals surface area contributed by atoms with Crippen molar-refractivity contribution in [1.29, 1.82) is 0 Å². The summed E-state index contributed by atoms with van der Waals surface area (Å²) in [5, 5.41) is 24.1. The minimum Gasteiger partial charge on any atom is -0.388 e. The van der Waals surface area contributed by atoms with Crippen LogP contribution in [-0.4, -0.2) is 43.1 Å². The first-order chi connectivity index (χ1) is 8.51. The molecular weight excluding hydrogens is 236 g/mol. The summed E-state index contributed by atoms with van der Waals surface area (Å²) in [6.07, 6.45) is -0.233. The van der Waals surface area contributed by atoms with E-state index in [4.69, 9.17) is 10.5 Å². The summed E-state index contributed by atoms with van der Waals surface area (Å²) in [4.78, 5) is 3.89. The maximum Gasteiger partial charge on any atom is 0.151 e. The van der Waals surface area contributed by atoms with Gasteiger partial charge < -0.3 is 20.7 Å². The molecule has 18 heavy (non-hydrogen) atoms. The molecule has 1 aliphatic heterocycles. The fourth-order valence-corrected chi connectivity index (χ4v) is 2.26. The van der Waals surface area contributed by atoms with E-state index in [0.29, 0.717) is 17.0 Å². The van der Waals surface area contributed by atoms with E-state index in [1.807, 2.05) is 0 Å². The predicted octanol–water partition coefficient (Wildman–Crippen LogP) is -0.505. The lowest BCUT2D eigenvalue weighted by Crippen LogP contribution is -2.40. The zero-order valence-electron chi connectivity index (χ0n) is 9.82. The molecular formula is C11H14N4O3. The van der Waals surface area contributed by atoms with Crippen LogP contribution < -0.4 is 5.73 Å². The van der Waals surface area contributed by atoms with Crippen LogP contribution >= 0.6 is 0 Å². The quantitative estimate of drug-likeness (QED) is 0.629. The molecule has 1 aliphatic rings. The number of ether oxygens (including phenoxy) is 1.